The molecule has 1 saturated heterocycles. The Bertz CT molecular complexity index is 791. The predicted octanol–water partition coefficient (Wildman–Crippen LogP) is 4.22. The van der Waals surface area contributed by atoms with Crippen LogP contribution in [0.25, 0.3) is 0 Å². The van der Waals surface area contributed by atoms with Gasteiger partial charge in [0.15, 0.2) is 0 Å². The molecule has 1 fully saturated rings. The molecule has 27 heavy (non-hydrogen) atoms. The molecule has 2 unspecified atom stereocenters. The number of hydrogen-bond donors (Lipinski definition) is 1. The van der Waals surface area contributed by atoms with Crippen LogP contribution in [0.1, 0.15) is 25.0 Å². The quantitative estimate of drug-likeness (QED) is 0.799. The summed E-state index contributed by atoms with van der Waals surface area (Å²) in [5.41, 5.74) is 6.51. The first kappa shape index (κ1) is 21.5. The zero-order valence-electron chi connectivity index (χ0n) is 15.0. The monoisotopic (exact) mass is 412 g/mol. The molecule has 1 aliphatic rings. The topological polar surface area (TPSA) is 55.6 Å². The lowest BCUT2D eigenvalue weighted by Gasteiger charge is -2.27. The van der Waals surface area contributed by atoms with Crippen molar-refractivity contribution in [3.8, 4) is 5.75 Å². The van der Waals surface area contributed by atoms with E-state index in [1.165, 1.54) is 18.2 Å². The van der Waals surface area contributed by atoms with Crippen molar-refractivity contribution in [2.75, 3.05) is 19.6 Å². The Morgan fingerprint density at radius 3 is 2.63 bits per heavy atom. The molecule has 2 atom stereocenters. The van der Waals surface area contributed by atoms with Crippen LogP contribution in [-0.2, 0) is 4.79 Å². The van der Waals surface area contributed by atoms with Gasteiger partial charge in [-0.3, -0.25) is 4.79 Å². The van der Waals surface area contributed by atoms with Gasteiger partial charge in [-0.25, -0.2) is 4.39 Å². The molecule has 2 aromatic rings. The third kappa shape index (κ3) is 4.92. The molecule has 0 aliphatic carbocycles. The van der Waals surface area contributed by atoms with Crippen LogP contribution < -0.4 is 10.5 Å². The number of nitrogens with zero attached hydrogens (tertiary/aromatic N) is 1. The number of amides is 1. The lowest BCUT2D eigenvalue weighted by atomic mass is 9.90. The SMILES string of the molecule is CC1(CN)CCN(C(=O)C(Oc2ccc(F)c(Cl)c2)c2ccccc2)C1.Cl. The van der Waals surface area contributed by atoms with Crippen molar-refractivity contribution < 1.29 is 13.9 Å². The van der Waals surface area contributed by atoms with Crippen LogP contribution in [0.2, 0.25) is 5.02 Å². The smallest absolute Gasteiger partial charge is 0.268 e. The lowest BCUT2D eigenvalue weighted by Crippen LogP contribution is -2.38. The van der Waals surface area contributed by atoms with Crippen molar-refractivity contribution >= 4 is 29.9 Å². The Morgan fingerprint density at radius 2 is 2.04 bits per heavy atom. The van der Waals surface area contributed by atoms with Gasteiger partial charge in [-0.15, -0.1) is 12.4 Å². The summed E-state index contributed by atoms with van der Waals surface area (Å²) in [5.74, 6) is -0.312. The van der Waals surface area contributed by atoms with Crippen molar-refractivity contribution in [2.24, 2.45) is 11.1 Å². The average Bonchev–Trinajstić information content (AvgIpc) is 3.06. The summed E-state index contributed by atoms with van der Waals surface area (Å²) in [6, 6.07) is 13.3. The zero-order valence-corrected chi connectivity index (χ0v) is 16.6. The molecule has 146 valence electrons. The van der Waals surface area contributed by atoms with Crippen LogP contribution in [0.3, 0.4) is 0 Å². The molecule has 0 spiro atoms. The van der Waals surface area contributed by atoms with Crippen molar-refractivity contribution in [2.45, 2.75) is 19.4 Å². The number of rotatable bonds is 5. The van der Waals surface area contributed by atoms with Crippen LogP contribution in [-0.4, -0.2) is 30.4 Å². The maximum atomic E-state index is 13.4. The van der Waals surface area contributed by atoms with Crippen molar-refractivity contribution in [3.05, 3.63) is 64.9 Å². The van der Waals surface area contributed by atoms with E-state index in [1.807, 2.05) is 30.3 Å². The highest BCUT2D eigenvalue weighted by atomic mass is 35.5. The Labute approximate surface area is 169 Å². The highest BCUT2D eigenvalue weighted by molar-refractivity contribution is 6.30. The maximum absolute atomic E-state index is 13.4. The van der Waals surface area contributed by atoms with E-state index in [0.29, 0.717) is 25.4 Å². The predicted molar refractivity (Wildman–Crippen MR) is 107 cm³/mol. The first-order chi connectivity index (χ1) is 12.4. The van der Waals surface area contributed by atoms with Gasteiger partial charge in [-0.2, -0.15) is 0 Å². The van der Waals surface area contributed by atoms with Gasteiger partial charge >= 0.3 is 0 Å². The number of hydrogen-bond acceptors (Lipinski definition) is 3. The van der Waals surface area contributed by atoms with Crippen molar-refractivity contribution in [1.29, 1.82) is 0 Å². The van der Waals surface area contributed by atoms with E-state index >= 15 is 0 Å². The van der Waals surface area contributed by atoms with Crippen molar-refractivity contribution in [1.82, 2.24) is 4.90 Å². The second-order valence-corrected chi connectivity index (χ2v) is 7.42. The van der Waals surface area contributed by atoms with Gasteiger partial charge < -0.3 is 15.4 Å². The van der Waals surface area contributed by atoms with E-state index in [2.05, 4.69) is 6.92 Å². The Kier molecular flexibility index (Phi) is 7.09. The molecular weight excluding hydrogens is 390 g/mol. The van der Waals surface area contributed by atoms with E-state index in [0.717, 1.165) is 12.0 Å². The first-order valence-electron chi connectivity index (χ1n) is 8.57. The van der Waals surface area contributed by atoms with Gasteiger partial charge in [-0.05, 0) is 30.5 Å². The minimum Gasteiger partial charge on any atom is -0.476 e. The van der Waals surface area contributed by atoms with Crippen LogP contribution in [0.4, 0.5) is 4.39 Å². The molecule has 4 nitrogen and oxygen atoms in total. The van der Waals surface area contributed by atoms with Crippen LogP contribution in [0.15, 0.2) is 48.5 Å². The van der Waals surface area contributed by atoms with Gasteiger partial charge in [0, 0.05) is 24.7 Å². The van der Waals surface area contributed by atoms with Gasteiger partial charge in [0.1, 0.15) is 11.6 Å². The minimum absolute atomic E-state index is 0. The highest BCUT2D eigenvalue weighted by Crippen LogP contribution is 2.33. The van der Waals surface area contributed by atoms with Gasteiger partial charge in [0.05, 0.1) is 5.02 Å². The van der Waals surface area contributed by atoms with E-state index in [9.17, 15) is 9.18 Å². The van der Waals surface area contributed by atoms with Crippen molar-refractivity contribution in [3.63, 3.8) is 0 Å². The summed E-state index contributed by atoms with van der Waals surface area (Å²) < 4.78 is 19.4. The first-order valence-corrected chi connectivity index (χ1v) is 8.95. The molecular formula is C20H23Cl2FN2O2. The molecule has 1 amide bonds. The molecule has 2 N–H and O–H groups in total. The number of nitrogens with two attached hydrogens (primary N) is 1. The van der Waals surface area contributed by atoms with Gasteiger partial charge in [0.2, 0.25) is 6.10 Å². The number of carbonyl (C=O) groups is 1. The lowest BCUT2D eigenvalue weighted by molar-refractivity contribution is -0.138. The molecule has 1 aliphatic heterocycles. The summed E-state index contributed by atoms with van der Waals surface area (Å²) >= 11 is 5.84. The minimum atomic E-state index is -0.821. The molecule has 0 bridgehead atoms. The number of benzene rings is 2. The van der Waals surface area contributed by atoms with Crippen LogP contribution in [0, 0.1) is 11.2 Å². The third-order valence-electron chi connectivity index (χ3n) is 4.83. The summed E-state index contributed by atoms with van der Waals surface area (Å²) in [5, 5.41) is -0.0429. The molecule has 7 heteroatoms. The van der Waals surface area contributed by atoms with Gasteiger partial charge in [0.25, 0.3) is 5.91 Å². The Hall–Kier alpha value is -1.82. The summed E-state index contributed by atoms with van der Waals surface area (Å²) in [6.45, 7) is 3.85. The fourth-order valence-corrected chi connectivity index (χ4v) is 3.29. The number of carbonyl (C=O) groups excluding carboxylic acids is 1. The molecule has 0 radical (unpaired) electrons. The molecule has 1 heterocycles. The van der Waals surface area contributed by atoms with E-state index < -0.39 is 11.9 Å². The normalized spacial score (nSPS) is 20.1. The zero-order chi connectivity index (χ0) is 18.7. The largest absolute Gasteiger partial charge is 0.476 e. The molecule has 0 saturated carbocycles. The Morgan fingerprint density at radius 1 is 1.33 bits per heavy atom. The second-order valence-electron chi connectivity index (χ2n) is 7.01. The van der Waals surface area contributed by atoms with E-state index in [1.54, 1.807) is 4.90 Å². The summed E-state index contributed by atoms with van der Waals surface area (Å²) in [7, 11) is 0. The summed E-state index contributed by atoms with van der Waals surface area (Å²) in [6.07, 6.45) is 0.0388. The average molecular weight is 413 g/mol. The Balaban J connectivity index is 0.00000261. The second kappa shape index (κ2) is 8.91. The summed E-state index contributed by atoms with van der Waals surface area (Å²) in [4.78, 5) is 14.9. The van der Waals surface area contributed by atoms with Crippen LogP contribution in [0.5, 0.6) is 5.75 Å². The number of halogens is 3. The molecule has 0 aromatic heterocycles. The standard InChI is InChI=1S/C20H22ClFN2O2.ClH/c1-20(12-23)9-10-24(13-20)19(25)18(14-5-3-2-4-6-14)26-15-7-8-17(22)16(21)11-15;/h2-8,11,18H,9-10,12-13,23H2,1H3;1H. The number of ether oxygens (including phenoxy) is 1. The fourth-order valence-electron chi connectivity index (χ4n) is 3.12. The van der Waals surface area contributed by atoms with Crippen LogP contribution >= 0.6 is 24.0 Å². The fraction of sp³-hybridized carbons (Fsp3) is 0.350. The maximum Gasteiger partial charge on any atom is 0.268 e. The van der Waals surface area contributed by atoms with E-state index in [4.69, 9.17) is 22.1 Å². The molecule has 3 rings (SSSR count). The van der Waals surface area contributed by atoms with Gasteiger partial charge in [-0.1, -0.05) is 48.9 Å². The highest BCUT2D eigenvalue weighted by Gasteiger charge is 2.38. The van der Waals surface area contributed by atoms with E-state index in [-0.39, 0.29) is 28.8 Å². The number of likely N-dealkylation sites (tertiary alicyclic amines) is 1. The third-order valence-corrected chi connectivity index (χ3v) is 5.12. The molecule has 2 aromatic carbocycles.